The van der Waals surface area contributed by atoms with Crippen LogP contribution in [0, 0.1) is 6.92 Å². The van der Waals surface area contributed by atoms with Gasteiger partial charge in [0.15, 0.2) is 0 Å². The van der Waals surface area contributed by atoms with E-state index < -0.39 is 34.7 Å². The molecule has 2 saturated heterocycles. The van der Waals surface area contributed by atoms with Gasteiger partial charge < -0.3 is 5.32 Å². The topological polar surface area (TPSA) is 113 Å². The van der Waals surface area contributed by atoms with Crippen molar-refractivity contribution >= 4 is 57.4 Å². The first kappa shape index (κ1) is 17.2. The highest BCUT2D eigenvalue weighted by molar-refractivity contribution is 8.22. The lowest BCUT2D eigenvalue weighted by Gasteiger charge is -2.13. The summed E-state index contributed by atoms with van der Waals surface area (Å²) in [6.45, 7) is 1.34. The molecule has 5 amide bonds. The minimum atomic E-state index is -0.762. The van der Waals surface area contributed by atoms with Crippen molar-refractivity contribution in [2.75, 3.05) is 11.9 Å². The maximum Gasteiger partial charge on any atom is 0.294 e. The molecule has 2 N–H and O–H groups in total. The average molecular weight is 377 g/mol. The second kappa shape index (κ2) is 6.73. The van der Waals surface area contributed by atoms with Gasteiger partial charge in [0, 0.05) is 5.69 Å². The van der Waals surface area contributed by atoms with Gasteiger partial charge in [0.25, 0.3) is 22.3 Å². The third-order valence-corrected chi connectivity index (χ3v) is 5.38. The summed E-state index contributed by atoms with van der Waals surface area (Å²) in [7, 11) is 0. The Morgan fingerprint density at radius 3 is 2.48 bits per heavy atom. The van der Waals surface area contributed by atoms with Crippen LogP contribution >= 0.6 is 23.5 Å². The van der Waals surface area contributed by atoms with Crippen LogP contribution in [-0.2, 0) is 14.4 Å². The normalized spacial score (nSPS) is 20.3. The first-order valence-corrected chi connectivity index (χ1v) is 8.66. The zero-order valence-electron chi connectivity index (χ0n) is 12.8. The second-order valence-electron chi connectivity index (χ2n) is 5.12. The van der Waals surface area contributed by atoms with E-state index >= 15 is 0 Å². The van der Waals surface area contributed by atoms with Gasteiger partial charge >= 0.3 is 0 Å². The van der Waals surface area contributed by atoms with E-state index in [-0.39, 0.29) is 9.81 Å². The number of amides is 5. The van der Waals surface area contributed by atoms with Crippen molar-refractivity contribution in [2.45, 2.75) is 6.92 Å². The number of carbonyl (C=O) groups excluding carboxylic acids is 5. The molecular weight excluding hydrogens is 366 g/mol. The Bertz CT molecular complexity index is 864. The summed E-state index contributed by atoms with van der Waals surface area (Å²) in [5.41, 5.74) is 1.42. The largest absolute Gasteiger partial charge is 0.324 e. The van der Waals surface area contributed by atoms with E-state index in [1.54, 1.807) is 12.1 Å². The van der Waals surface area contributed by atoms with Gasteiger partial charge in [0.05, 0.1) is 0 Å². The number of benzene rings is 1. The predicted molar refractivity (Wildman–Crippen MR) is 92.7 cm³/mol. The number of nitrogens with zero attached hydrogens (tertiary/aromatic N) is 1. The number of rotatable bonds is 3. The van der Waals surface area contributed by atoms with E-state index in [4.69, 9.17) is 0 Å². The highest BCUT2D eigenvalue weighted by Gasteiger charge is 2.42. The van der Waals surface area contributed by atoms with Crippen LogP contribution in [-0.4, -0.2) is 39.6 Å². The predicted octanol–water partition coefficient (Wildman–Crippen LogP) is 1.82. The molecule has 128 valence electrons. The molecule has 0 bridgehead atoms. The van der Waals surface area contributed by atoms with E-state index in [0.717, 1.165) is 10.5 Å². The minimum Gasteiger partial charge on any atom is -0.324 e. The molecule has 2 aliphatic rings. The Morgan fingerprint density at radius 1 is 1.12 bits per heavy atom. The van der Waals surface area contributed by atoms with Crippen LogP contribution in [0.3, 0.4) is 0 Å². The lowest BCUT2D eigenvalue weighted by molar-refractivity contribution is -0.127. The number of nitrogens with one attached hydrogen (secondary N) is 2. The zero-order valence-corrected chi connectivity index (χ0v) is 14.5. The molecule has 0 unspecified atom stereocenters. The highest BCUT2D eigenvalue weighted by Crippen LogP contribution is 2.38. The third-order valence-electron chi connectivity index (χ3n) is 3.39. The Labute approximate surface area is 150 Å². The maximum atomic E-state index is 12.4. The molecule has 10 heteroatoms. The Hall–Kier alpha value is -2.59. The van der Waals surface area contributed by atoms with Crippen molar-refractivity contribution in [3.05, 3.63) is 39.6 Å². The molecule has 2 heterocycles. The minimum absolute atomic E-state index is 0.116. The van der Waals surface area contributed by atoms with E-state index in [1.165, 1.54) is 0 Å². The SMILES string of the molecule is Cc1ccccc1NC(=O)CN1C(=O)S/C(=C2/SC(=O)NC2=O)C1=O. The summed E-state index contributed by atoms with van der Waals surface area (Å²) >= 11 is 1.10. The fourth-order valence-electron chi connectivity index (χ4n) is 2.18. The van der Waals surface area contributed by atoms with E-state index in [2.05, 4.69) is 5.32 Å². The molecule has 0 aromatic heterocycles. The quantitative estimate of drug-likeness (QED) is 0.773. The van der Waals surface area contributed by atoms with E-state index in [9.17, 15) is 24.0 Å². The molecule has 8 nitrogen and oxygen atoms in total. The van der Waals surface area contributed by atoms with Crippen LogP contribution in [0.1, 0.15) is 5.56 Å². The van der Waals surface area contributed by atoms with Crippen LogP contribution in [0.5, 0.6) is 0 Å². The Kier molecular flexibility index (Phi) is 4.64. The molecule has 1 aromatic carbocycles. The number of carbonyl (C=O) groups is 5. The van der Waals surface area contributed by atoms with Crippen molar-refractivity contribution in [3.63, 3.8) is 0 Å². The Balaban J connectivity index is 1.74. The lowest BCUT2D eigenvalue weighted by Crippen LogP contribution is -2.36. The smallest absolute Gasteiger partial charge is 0.294 e. The molecule has 0 spiro atoms. The van der Waals surface area contributed by atoms with Crippen LogP contribution in [0.15, 0.2) is 34.1 Å². The molecule has 0 aliphatic carbocycles. The zero-order chi connectivity index (χ0) is 18.1. The van der Waals surface area contributed by atoms with Gasteiger partial charge in [-0.05, 0) is 42.1 Å². The first-order chi connectivity index (χ1) is 11.9. The molecular formula is C15H11N3O5S2. The summed E-state index contributed by atoms with van der Waals surface area (Å²) < 4.78 is 0. The van der Waals surface area contributed by atoms with Crippen molar-refractivity contribution in [3.8, 4) is 0 Å². The van der Waals surface area contributed by atoms with Crippen LogP contribution in [0.2, 0.25) is 0 Å². The average Bonchev–Trinajstić information content (AvgIpc) is 3.02. The monoisotopic (exact) mass is 377 g/mol. The number of anilines is 1. The summed E-state index contributed by atoms with van der Waals surface area (Å²) in [5.74, 6) is -2.02. The van der Waals surface area contributed by atoms with Crippen molar-refractivity contribution in [1.82, 2.24) is 10.2 Å². The van der Waals surface area contributed by atoms with E-state index in [1.807, 2.05) is 24.4 Å². The summed E-state index contributed by atoms with van der Waals surface area (Å²) in [4.78, 5) is 59.9. The molecule has 3 rings (SSSR count). The van der Waals surface area contributed by atoms with Crippen LogP contribution < -0.4 is 10.6 Å². The van der Waals surface area contributed by atoms with Gasteiger partial charge in [-0.15, -0.1) is 0 Å². The molecule has 0 saturated carbocycles. The number of para-hydroxylation sites is 1. The lowest BCUT2D eigenvalue weighted by atomic mass is 10.2. The summed E-state index contributed by atoms with van der Waals surface area (Å²) in [6.07, 6.45) is 0. The summed E-state index contributed by atoms with van der Waals surface area (Å²) in [5, 5.41) is 3.38. The van der Waals surface area contributed by atoms with E-state index in [0.29, 0.717) is 29.2 Å². The van der Waals surface area contributed by atoms with Crippen molar-refractivity contribution in [1.29, 1.82) is 0 Å². The number of hydrogen-bond acceptors (Lipinski definition) is 7. The van der Waals surface area contributed by atoms with Gasteiger partial charge in [-0.3, -0.25) is 34.2 Å². The van der Waals surface area contributed by atoms with Crippen LogP contribution in [0.4, 0.5) is 15.3 Å². The first-order valence-electron chi connectivity index (χ1n) is 7.03. The van der Waals surface area contributed by atoms with Gasteiger partial charge in [-0.2, -0.15) is 0 Å². The van der Waals surface area contributed by atoms with Gasteiger partial charge in [0.1, 0.15) is 16.4 Å². The third kappa shape index (κ3) is 3.44. The fourth-order valence-corrected chi connectivity index (χ4v) is 3.90. The molecule has 1 aromatic rings. The second-order valence-corrected chi connectivity index (χ2v) is 7.07. The Morgan fingerprint density at radius 2 is 1.84 bits per heavy atom. The number of aryl methyl sites for hydroxylation is 1. The molecule has 0 radical (unpaired) electrons. The van der Waals surface area contributed by atoms with Gasteiger partial charge in [-0.1, -0.05) is 18.2 Å². The number of hydrogen-bond donors (Lipinski definition) is 2. The van der Waals surface area contributed by atoms with Crippen molar-refractivity contribution in [2.24, 2.45) is 0 Å². The van der Waals surface area contributed by atoms with Crippen LogP contribution in [0.25, 0.3) is 0 Å². The molecule has 2 fully saturated rings. The van der Waals surface area contributed by atoms with Gasteiger partial charge in [-0.25, -0.2) is 0 Å². The number of imide groups is 2. The van der Waals surface area contributed by atoms with Gasteiger partial charge in [0.2, 0.25) is 5.91 Å². The molecule has 0 atom stereocenters. The number of thioether (sulfide) groups is 2. The van der Waals surface area contributed by atoms with Crippen molar-refractivity contribution < 1.29 is 24.0 Å². The molecule has 2 aliphatic heterocycles. The maximum absolute atomic E-state index is 12.4. The molecule has 25 heavy (non-hydrogen) atoms. The highest BCUT2D eigenvalue weighted by atomic mass is 32.2. The fraction of sp³-hybridized carbons (Fsp3) is 0.133. The summed E-state index contributed by atoms with van der Waals surface area (Å²) in [6, 6.07) is 7.08. The standard InChI is InChI=1S/C15H11N3O5S2/c1-7-4-2-3-5-8(7)16-9(19)6-18-13(21)11(25-15(18)23)10-12(20)17-14(22)24-10/h2-5H,6H2,1H3,(H,16,19)(H,17,20,22)/b11-10+.